The van der Waals surface area contributed by atoms with Crippen LogP contribution >= 0.6 is 0 Å². The van der Waals surface area contributed by atoms with Gasteiger partial charge in [-0.25, -0.2) is 0 Å². The topological polar surface area (TPSA) is 26.3 Å². The Balaban J connectivity index is 2.39. The van der Waals surface area contributed by atoms with Crippen LogP contribution in [0.5, 0.6) is 0 Å². The predicted molar refractivity (Wildman–Crippen MR) is 29.7 cm³/mol. The standard InChI is InChI=1S/C6H10O2/c1-5-6(7)3-2-4-8-5/h5H,2-4H2,1H3/t5-/m0/s1. The molecule has 0 N–H and O–H groups in total. The Kier molecular flexibility index (Phi) is 1.63. The summed E-state index contributed by atoms with van der Waals surface area (Å²) in [5.41, 5.74) is 0. The Hall–Kier alpha value is -0.370. The molecule has 0 spiro atoms. The summed E-state index contributed by atoms with van der Waals surface area (Å²) in [5.74, 6) is 0.247. The van der Waals surface area contributed by atoms with E-state index >= 15 is 0 Å². The van der Waals surface area contributed by atoms with E-state index in [0.29, 0.717) is 6.42 Å². The summed E-state index contributed by atoms with van der Waals surface area (Å²) in [5, 5.41) is 0. The van der Waals surface area contributed by atoms with Crippen molar-refractivity contribution in [3.05, 3.63) is 0 Å². The first-order valence-electron chi connectivity index (χ1n) is 2.95. The van der Waals surface area contributed by atoms with E-state index in [9.17, 15) is 4.79 Å². The minimum atomic E-state index is -0.135. The molecule has 0 aromatic carbocycles. The normalized spacial score (nSPS) is 30.6. The van der Waals surface area contributed by atoms with Crippen LogP contribution in [-0.4, -0.2) is 18.5 Å². The average molecular weight is 114 g/mol. The van der Waals surface area contributed by atoms with Crippen molar-refractivity contribution < 1.29 is 9.53 Å². The summed E-state index contributed by atoms with van der Waals surface area (Å²) >= 11 is 0. The molecule has 2 heteroatoms. The van der Waals surface area contributed by atoms with Crippen LogP contribution in [0.15, 0.2) is 0 Å². The third-order valence-corrected chi connectivity index (χ3v) is 1.39. The largest absolute Gasteiger partial charge is 0.371 e. The first-order valence-corrected chi connectivity index (χ1v) is 2.95. The summed E-state index contributed by atoms with van der Waals surface area (Å²) < 4.78 is 5.04. The van der Waals surface area contributed by atoms with Gasteiger partial charge in [0.25, 0.3) is 0 Å². The van der Waals surface area contributed by atoms with Crippen LogP contribution in [0.2, 0.25) is 0 Å². The molecule has 2 nitrogen and oxygen atoms in total. The maximum Gasteiger partial charge on any atom is 0.161 e. The zero-order chi connectivity index (χ0) is 5.98. The molecule has 1 heterocycles. The Labute approximate surface area is 48.8 Å². The van der Waals surface area contributed by atoms with Crippen molar-refractivity contribution in [1.29, 1.82) is 0 Å². The fourth-order valence-corrected chi connectivity index (χ4v) is 0.803. The second-order valence-electron chi connectivity index (χ2n) is 2.08. The molecule has 46 valence electrons. The van der Waals surface area contributed by atoms with Crippen molar-refractivity contribution in [3.8, 4) is 0 Å². The number of hydrogen-bond donors (Lipinski definition) is 0. The van der Waals surface area contributed by atoms with Crippen molar-refractivity contribution in [1.82, 2.24) is 0 Å². The minimum absolute atomic E-state index is 0.135. The molecule has 1 atom stereocenters. The molecule has 1 fully saturated rings. The molecular formula is C6H10O2. The highest BCUT2D eigenvalue weighted by atomic mass is 16.5. The second kappa shape index (κ2) is 2.27. The Morgan fingerprint density at radius 1 is 1.75 bits per heavy atom. The Morgan fingerprint density at radius 2 is 2.50 bits per heavy atom. The SMILES string of the molecule is C[C@@H]1OCCCC1=O. The lowest BCUT2D eigenvalue weighted by Gasteiger charge is -2.16. The summed E-state index contributed by atoms with van der Waals surface area (Å²) in [6.07, 6.45) is 1.48. The lowest BCUT2D eigenvalue weighted by atomic mass is 10.1. The monoisotopic (exact) mass is 114 g/mol. The number of rotatable bonds is 0. The van der Waals surface area contributed by atoms with Gasteiger partial charge in [0.05, 0.1) is 0 Å². The van der Waals surface area contributed by atoms with Gasteiger partial charge in [-0.1, -0.05) is 0 Å². The number of ether oxygens (including phenoxy) is 1. The third-order valence-electron chi connectivity index (χ3n) is 1.39. The molecule has 0 unspecified atom stereocenters. The minimum Gasteiger partial charge on any atom is -0.371 e. The molecule has 0 amide bonds. The quantitative estimate of drug-likeness (QED) is 0.464. The van der Waals surface area contributed by atoms with Crippen molar-refractivity contribution >= 4 is 5.78 Å². The molecule has 1 aliphatic rings. The Bertz CT molecular complexity index is 98.7. The van der Waals surface area contributed by atoms with E-state index in [1.54, 1.807) is 0 Å². The fraction of sp³-hybridized carbons (Fsp3) is 0.833. The van der Waals surface area contributed by atoms with E-state index in [0.717, 1.165) is 13.0 Å². The number of carbonyl (C=O) groups is 1. The van der Waals surface area contributed by atoms with Gasteiger partial charge in [0.2, 0.25) is 0 Å². The number of hydrogen-bond acceptors (Lipinski definition) is 2. The number of Topliss-reactive ketones (excluding diaryl/α,β-unsaturated/α-hetero) is 1. The highest BCUT2D eigenvalue weighted by molar-refractivity contribution is 5.83. The van der Waals surface area contributed by atoms with Crippen molar-refractivity contribution in [2.75, 3.05) is 6.61 Å². The van der Waals surface area contributed by atoms with Gasteiger partial charge in [0, 0.05) is 13.0 Å². The highest BCUT2D eigenvalue weighted by Gasteiger charge is 2.16. The zero-order valence-corrected chi connectivity index (χ0v) is 5.02. The molecule has 1 saturated heterocycles. The highest BCUT2D eigenvalue weighted by Crippen LogP contribution is 2.06. The molecule has 0 aliphatic carbocycles. The van der Waals surface area contributed by atoms with Gasteiger partial charge in [0.15, 0.2) is 5.78 Å². The maximum absolute atomic E-state index is 10.7. The summed E-state index contributed by atoms with van der Waals surface area (Å²) in [7, 11) is 0. The molecular weight excluding hydrogens is 104 g/mol. The van der Waals surface area contributed by atoms with E-state index < -0.39 is 0 Å². The van der Waals surface area contributed by atoms with Crippen LogP contribution in [0.3, 0.4) is 0 Å². The summed E-state index contributed by atoms with van der Waals surface area (Å²) in [6.45, 7) is 2.56. The lowest BCUT2D eigenvalue weighted by Crippen LogP contribution is -2.26. The summed E-state index contributed by atoms with van der Waals surface area (Å²) in [4.78, 5) is 10.7. The molecule has 1 rings (SSSR count). The third kappa shape index (κ3) is 1.07. The molecule has 0 aromatic rings. The number of carbonyl (C=O) groups excluding carboxylic acids is 1. The molecule has 0 radical (unpaired) electrons. The van der Waals surface area contributed by atoms with Gasteiger partial charge >= 0.3 is 0 Å². The maximum atomic E-state index is 10.7. The van der Waals surface area contributed by atoms with Gasteiger partial charge in [-0.2, -0.15) is 0 Å². The van der Waals surface area contributed by atoms with Crippen LogP contribution in [0.1, 0.15) is 19.8 Å². The predicted octanol–water partition coefficient (Wildman–Crippen LogP) is 0.754. The van der Waals surface area contributed by atoms with E-state index in [1.165, 1.54) is 0 Å². The number of ketones is 1. The molecule has 0 aromatic heterocycles. The molecule has 0 bridgehead atoms. The van der Waals surface area contributed by atoms with Gasteiger partial charge in [-0.3, -0.25) is 4.79 Å². The average Bonchev–Trinajstić information content (AvgIpc) is 1.77. The summed E-state index contributed by atoms with van der Waals surface area (Å²) in [6, 6.07) is 0. The first-order chi connectivity index (χ1) is 3.80. The van der Waals surface area contributed by atoms with Gasteiger partial charge in [-0.05, 0) is 13.3 Å². The van der Waals surface area contributed by atoms with Crippen molar-refractivity contribution in [3.63, 3.8) is 0 Å². The molecule has 0 saturated carbocycles. The van der Waals surface area contributed by atoms with Crippen LogP contribution in [-0.2, 0) is 9.53 Å². The van der Waals surface area contributed by atoms with Crippen LogP contribution < -0.4 is 0 Å². The first kappa shape index (κ1) is 5.76. The lowest BCUT2D eigenvalue weighted by molar-refractivity contribution is -0.134. The van der Waals surface area contributed by atoms with Crippen molar-refractivity contribution in [2.24, 2.45) is 0 Å². The van der Waals surface area contributed by atoms with Crippen LogP contribution in [0.25, 0.3) is 0 Å². The van der Waals surface area contributed by atoms with E-state index in [4.69, 9.17) is 4.74 Å². The molecule has 1 aliphatic heterocycles. The van der Waals surface area contributed by atoms with E-state index in [-0.39, 0.29) is 11.9 Å². The van der Waals surface area contributed by atoms with E-state index in [2.05, 4.69) is 0 Å². The van der Waals surface area contributed by atoms with Gasteiger partial charge < -0.3 is 4.74 Å². The van der Waals surface area contributed by atoms with Crippen LogP contribution in [0.4, 0.5) is 0 Å². The fourth-order valence-electron chi connectivity index (χ4n) is 0.803. The van der Waals surface area contributed by atoms with Gasteiger partial charge in [-0.15, -0.1) is 0 Å². The smallest absolute Gasteiger partial charge is 0.161 e. The second-order valence-corrected chi connectivity index (χ2v) is 2.08. The Morgan fingerprint density at radius 3 is 2.88 bits per heavy atom. The van der Waals surface area contributed by atoms with Crippen LogP contribution in [0, 0.1) is 0 Å². The van der Waals surface area contributed by atoms with Crippen molar-refractivity contribution in [2.45, 2.75) is 25.9 Å². The van der Waals surface area contributed by atoms with Gasteiger partial charge in [0.1, 0.15) is 6.10 Å². The zero-order valence-electron chi connectivity index (χ0n) is 5.02. The van der Waals surface area contributed by atoms with E-state index in [1.807, 2.05) is 6.92 Å². The molecule has 8 heavy (non-hydrogen) atoms.